The Morgan fingerprint density at radius 2 is 2.03 bits per heavy atom. The molecule has 0 saturated carbocycles. The molecule has 0 radical (unpaired) electrons. The van der Waals surface area contributed by atoms with Gasteiger partial charge in [0.15, 0.2) is 11.0 Å². The van der Waals surface area contributed by atoms with Gasteiger partial charge in [-0.2, -0.15) is 0 Å². The third kappa shape index (κ3) is 5.03. The number of aryl methyl sites for hydroxylation is 1. The van der Waals surface area contributed by atoms with Crippen molar-refractivity contribution in [2.75, 3.05) is 18.2 Å². The number of hydrogen-bond donors (Lipinski definition) is 2. The van der Waals surface area contributed by atoms with Crippen molar-refractivity contribution in [2.24, 2.45) is 5.73 Å². The van der Waals surface area contributed by atoms with Crippen molar-refractivity contribution in [3.05, 3.63) is 32.3 Å². The van der Waals surface area contributed by atoms with Gasteiger partial charge in [-0.25, -0.2) is 4.79 Å². The Hall–Kier alpha value is -2.70. The maximum absolute atomic E-state index is 12.6. The molecule has 0 aliphatic rings. The van der Waals surface area contributed by atoms with Crippen molar-refractivity contribution >= 4 is 57.2 Å². The number of thiophene rings is 2. The molecule has 0 unspecified atom stereocenters. The number of aromatic nitrogens is 3. The fourth-order valence-electron chi connectivity index (χ4n) is 3.07. The van der Waals surface area contributed by atoms with Crippen LogP contribution in [0.3, 0.4) is 0 Å². The number of esters is 1. The first-order chi connectivity index (χ1) is 15.3. The highest BCUT2D eigenvalue weighted by atomic mass is 32.2. The number of nitrogens with one attached hydrogen (secondary N) is 1. The van der Waals surface area contributed by atoms with Crippen LogP contribution in [0, 0.1) is 13.8 Å². The first-order valence-electron chi connectivity index (χ1n) is 9.69. The molecule has 0 aliphatic carbocycles. The molecule has 0 atom stereocenters. The minimum atomic E-state index is -0.670. The topological polar surface area (TPSA) is 129 Å². The summed E-state index contributed by atoms with van der Waals surface area (Å²) in [6.45, 7) is 6.41. The third-order valence-electron chi connectivity index (χ3n) is 4.50. The standard InChI is InChI=1S/C20H23N5O4S3/c1-5-6-25-17(12-7-10(2)30-8-12)23-24-20(25)31-9-13(26)22-18-14(19(28)29-4)11(3)15(32-18)16(21)27/h7-8H,5-6,9H2,1-4H3,(H2,21,27)(H,22,26). The Bertz CT molecular complexity index is 1160. The van der Waals surface area contributed by atoms with E-state index >= 15 is 0 Å². The summed E-state index contributed by atoms with van der Waals surface area (Å²) in [5.74, 6) is -0.846. The molecule has 2 amide bonds. The lowest BCUT2D eigenvalue weighted by atomic mass is 10.1. The molecule has 0 aliphatic heterocycles. The lowest BCUT2D eigenvalue weighted by Crippen LogP contribution is -2.16. The Kier molecular flexibility index (Phi) is 7.69. The molecular weight excluding hydrogens is 470 g/mol. The lowest BCUT2D eigenvalue weighted by Gasteiger charge is -2.08. The summed E-state index contributed by atoms with van der Waals surface area (Å²) < 4.78 is 6.79. The second-order valence-electron chi connectivity index (χ2n) is 6.86. The van der Waals surface area contributed by atoms with E-state index in [1.54, 1.807) is 18.3 Å². The van der Waals surface area contributed by atoms with Crippen LogP contribution in [0.5, 0.6) is 0 Å². The van der Waals surface area contributed by atoms with Gasteiger partial charge in [-0.3, -0.25) is 9.59 Å². The van der Waals surface area contributed by atoms with Crippen LogP contribution in [0.4, 0.5) is 5.00 Å². The van der Waals surface area contributed by atoms with Crippen molar-refractivity contribution in [2.45, 2.75) is 38.9 Å². The highest BCUT2D eigenvalue weighted by Crippen LogP contribution is 2.34. The summed E-state index contributed by atoms with van der Waals surface area (Å²) in [5, 5.41) is 14.2. The Morgan fingerprint density at radius 3 is 2.62 bits per heavy atom. The Labute approximate surface area is 197 Å². The molecule has 3 aromatic rings. The van der Waals surface area contributed by atoms with Crippen molar-refractivity contribution in [1.82, 2.24) is 14.8 Å². The number of rotatable bonds is 9. The molecule has 0 fully saturated rings. The predicted molar refractivity (Wildman–Crippen MR) is 127 cm³/mol. The van der Waals surface area contributed by atoms with E-state index in [2.05, 4.69) is 28.5 Å². The average molecular weight is 494 g/mol. The van der Waals surface area contributed by atoms with Crippen LogP contribution >= 0.6 is 34.4 Å². The number of anilines is 1. The van der Waals surface area contributed by atoms with E-state index in [-0.39, 0.29) is 27.1 Å². The highest BCUT2D eigenvalue weighted by molar-refractivity contribution is 7.99. The van der Waals surface area contributed by atoms with E-state index in [0.717, 1.165) is 35.7 Å². The van der Waals surface area contributed by atoms with E-state index in [9.17, 15) is 14.4 Å². The molecule has 12 heteroatoms. The molecule has 9 nitrogen and oxygen atoms in total. The summed E-state index contributed by atoms with van der Waals surface area (Å²) >= 11 is 3.85. The zero-order chi connectivity index (χ0) is 23.4. The van der Waals surface area contributed by atoms with E-state index in [1.165, 1.54) is 23.7 Å². The number of carbonyl (C=O) groups excluding carboxylic acids is 3. The molecule has 0 saturated heterocycles. The normalized spacial score (nSPS) is 10.9. The van der Waals surface area contributed by atoms with Crippen LogP contribution in [0.1, 0.15) is 43.8 Å². The van der Waals surface area contributed by atoms with E-state index in [1.807, 2.05) is 16.9 Å². The van der Waals surface area contributed by atoms with Crippen LogP contribution in [0.2, 0.25) is 0 Å². The number of carbonyl (C=O) groups is 3. The number of thioether (sulfide) groups is 1. The van der Waals surface area contributed by atoms with E-state index in [0.29, 0.717) is 10.7 Å². The van der Waals surface area contributed by atoms with Gasteiger partial charge in [-0.1, -0.05) is 18.7 Å². The minimum absolute atomic E-state index is 0.0496. The van der Waals surface area contributed by atoms with Crippen LogP contribution < -0.4 is 11.1 Å². The van der Waals surface area contributed by atoms with Gasteiger partial charge in [0.05, 0.1) is 23.3 Å². The average Bonchev–Trinajstić information content (AvgIpc) is 3.43. The number of hydrogen-bond acceptors (Lipinski definition) is 9. The predicted octanol–water partition coefficient (Wildman–Crippen LogP) is 3.71. The molecule has 170 valence electrons. The summed E-state index contributed by atoms with van der Waals surface area (Å²) in [7, 11) is 1.23. The van der Waals surface area contributed by atoms with Gasteiger partial charge < -0.3 is 20.4 Å². The molecular formula is C20H23N5O4S3. The lowest BCUT2D eigenvalue weighted by molar-refractivity contribution is -0.113. The number of nitrogens with zero attached hydrogens (tertiary/aromatic N) is 3. The van der Waals surface area contributed by atoms with Gasteiger partial charge in [-0.05, 0) is 31.9 Å². The Morgan fingerprint density at radius 1 is 1.28 bits per heavy atom. The maximum Gasteiger partial charge on any atom is 0.341 e. The van der Waals surface area contributed by atoms with Crippen LogP contribution in [-0.4, -0.2) is 45.4 Å². The monoisotopic (exact) mass is 493 g/mol. The molecule has 3 aromatic heterocycles. The fraction of sp³-hybridized carbons (Fsp3) is 0.350. The number of amides is 2. The number of ether oxygens (including phenoxy) is 1. The van der Waals surface area contributed by atoms with Gasteiger partial charge >= 0.3 is 5.97 Å². The van der Waals surface area contributed by atoms with Crippen molar-refractivity contribution < 1.29 is 19.1 Å². The van der Waals surface area contributed by atoms with Gasteiger partial charge in [0.2, 0.25) is 5.91 Å². The van der Waals surface area contributed by atoms with Crippen molar-refractivity contribution in [1.29, 1.82) is 0 Å². The smallest absolute Gasteiger partial charge is 0.341 e. The Balaban J connectivity index is 1.77. The minimum Gasteiger partial charge on any atom is -0.465 e. The third-order valence-corrected chi connectivity index (χ3v) is 7.55. The summed E-state index contributed by atoms with van der Waals surface area (Å²) in [4.78, 5) is 37.8. The maximum atomic E-state index is 12.6. The van der Waals surface area contributed by atoms with E-state index in [4.69, 9.17) is 10.5 Å². The molecule has 3 N–H and O–H groups in total. The molecule has 3 heterocycles. The first-order valence-corrected chi connectivity index (χ1v) is 12.4. The SMILES string of the molecule is CCCn1c(SCC(=O)Nc2sc(C(N)=O)c(C)c2C(=O)OC)nnc1-c1csc(C)c1. The van der Waals surface area contributed by atoms with Crippen LogP contribution in [-0.2, 0) is 16.1 Å². The first kappa shape index (κ1) is 24.0. The van der Waals surface area contributed by atoms with Crippen molar-refractivity contribution in [3.8, 4) is 11.4 Å². The zero-order valence-corrected chi connectivity index (χ0v) is 20.5. The van der Waals surface area contributed by atoms with Crippen LogP contribution in [0.25, 0.3) is 11.4 Å². The van der Waals surface area contributed by atoms with Gasteiger partial charge in [0.1, 0.15) is 5.00 Å². The largest absolute Gasteiger partial charge is 0.465 e. The number of nitrogens with two attached hydrogens (primary N) is 1. The molecule has 0 spiro atoms. The van der Waals surface area contributed by atoms with Gasteiger partial charge in [0, 0.05) is 22.4 Å². The molecule has 0 aromatic carbocycles. The summed E-state index contributed by atoms with van der Waals surface area (Å²) in [6, 6.07) is 2.06. The van der Waals surface area contributed by atoms with Gasteiger partial charge in [-0.15, -0.1) is 32.9 Å². The fourth-order valence-corrected chi connectivity index (χ4v) is 5.58. The quantitative estimate of drug-likeness (QED) is 0.343. The summed E-state index contributed by atoms with van der Waals surface area (Å²) in [6.07, 6.45) is 0.890. The number of methoxy groups -OCH3 is 1. The second kappa shape index (κ2) is 10.3. The zero-order valence-electron chi connectivity index (χ0n) is 18.1. The van der Waals surface area contributed by atoms with Crippen molar-refractivity contribution in [3.63, 3.8) is 0 Å². The second-order valence-corrected chi connectivity index (χ2v) is 9.94. The highest BCUT2D eigenvalue weighted by Gasteiger charge is 2.25. The molecule has 0 bridgehead atoms. The van der Waals surface area contributed by atoms with E-state index < -0.39 is 11.9 Å². The summed E-state index contributed by atoms with van der Waals surface area (Å²) in [5.41, 5.74) is 6.90. The number of primary amides is 1. The van der Waals surface area contributed by atoms with Crippen LogP contribution in [0.15, 0.2) is 16.6 Å². The molecule has 32 heavy (non-hydrogen) atoms. The molecule has 3 rings (SSSR count). The van der Waals surface area contributed by atoms with Gasteiger partial charge in [0.25, 0.3) is 5.91 Å².